The molecule has 1 heterocycles. The van der Waals surface area contributed by atoms with Crippen molar-refractivity contribution in [3.8, 4) is 0 Å². The van der Waals surface area contributed by atoms with Gasteiger partial charge in [-0.1, -0.05) is 19.1 Å². The van der Waals surface area contributed by atoms with Crippen LogP contribution in [0.1, 0.15) is 12.5 Å². The van der Waals surface area contributed by atoms with Gasteiger partial charge in [0.15, 0.2) is 0 Å². The van der Waals surface area contributed by atoms with Crippen LogP contribution in [0.4, 0.5) is 0 Å². The number of halogens is 1. The molecule has 2 rings (SSSR count). The minimum Gasteiger partial charge on any atom is -0.472 e. The average molecular weight is 340 g/mol. The third-order valence-corrected chi connectivity index (χ3v) is 5.02. The summed E-state index contributed by atoms with van der Waals surface area (Å²) in [5, 5.41) is 3.53. The monoisotopic (exact) mass is 339 g/mol. The van der Waals surface area contributed by atoms with Gasteiger partial charge >= 0.3 is 0 Å². The molecular weight excluding hydrogens is 322 g/mol. The maximum Gasteiger partial charge on any atom is 0.0935 e. The fraction of sp³-hybridized carbons (Fsp3) is 0.333. The molecule has 0 fully saturated rings. The Hall–Kier alpha value is -0.710. The maximum absolute atomic E-state index is 5.13. The first-order valence-corrected chi connectivity index (χ1v) is 8.19. The molecule has 19 heavy (non-hydrogen) atoms. The summed E-state index contributed by atoms with van der Waals surface area (Å²) < 4.78 is 6.30. The minimum absolute atomic E-state index is 0.458. The number of benzene rings is 1. The van der Waals surface area contributed by atoms with Crippen LogP contribution in [0.15, 0.2) is 56.6 Å². The highest BCUT2D eigenvalue weighted by Crippen LogP contribution is 2.27. The van der Waals surface area contributed by atoms with Crippen LogP contribution in [0, 0.1) is 0 Å². The van der Waals surface area contributed by atoms with Gasteiger partial charge in [0.2, 0.25) is 0 Å². The quantitative estimate of drug-likeness (QED) is 0.759. The molecule has 1 aromatic heterocycles. The van der Waals surface area contributed by atoms with E-state index in [1.165, 1.54) is 14.9 Å². The van der Waals surface area contributed by atoms with Gasteiger partial charge < -0.3 is 9.73 Å². The highest BCUT2D eigenvalue weighted by Gasteiger charge is 2.11. The summed E-state index contributed by atoms with van der Waals surface area (Å²) in [4.78, 5) is 1.29. The van der Waals surface area contributed by atoms with Crippen molar-refractivity contribution in [2.75, 3.05) is 12.3 Å². The second-order valence-corrected chi connectivity index (χ2v) is 6.25. The van der Waals surface area contributed by atoms with Gasteiger partial charge in [0.1, 0.15) is 0 Å². The summed E-state index contributed by atoms with van der Waals surface area (Å²) in [5.41, 5.74) is 1.25. The molecule has 0 saturated heterocycles. The summed E-state index contributed by atoms with van der Waals surface area (Å²) in [7, 11) is 0. The van der Waals surface area contributed by atoms with E-state index in [2.05, 4.69) is 46.4 Å². The van der Waals surface area contributed by atoms with Gasteiger partial charge in [-0.2, -0.15) is 0 Å². The molecule has 102 valence electrons. The summed E-state index contributed by atoms with van der Waals surface area (Å²) in [6, 6.07) is 10.8. The van der Waals surface area contributed by atoms with Gasteiger partial charge in [-0.15, -0.1) is 11.8 Å². The second-order valence-electron chi connectivity index (χ2n) is 4.33. The van der Waals surface area contributed by atoms with Crippen LogP contribution in [-0.4, -0.2) is 18.3 Å². The lowest BCUT2D eigenvalue weighted by atomic mass is 10.1. The van der Waals surface area contributed by atoms with Crippen molar-refractivity contribution in [2.45, 2.75) is 24.3 Å². The number of nitrogens with one attached hydrogen (secondary N) is 1. The van der Waals surface area contributed by atoms with Crippen molar-refractivity contribution < 1.29 is 4.42 Å². The SMILES string of the molecule is CCNC(CSc1ccccc1Br)Cc1ccoc1. The first-order chi connectivity index (χ1) is 9.29. The summed E-state index contributed by atoms with van der Waals surface area (Å²) >= 11 is 5.47. The van der Waals surface area contributed by atoms with Crippen LogP contribution in [0.3, 0.4) is 0 Å². The molecule has 2 nitrogen and oxygen atoms in total. The third-order valence-electron chi connectivity index (χ3n) is 2.83. The van der Waals surface area contributed by atoms with Gasteiger partial charge in [0.05, 0.1) is 12.5 Å². The molecule has 0 aliphatic rings. The van der Waals surface area contributed by atoms with Gasteiger partial charge in [-0.3, -0.25) is 0 Å². The Kier molecular flexibility index (Phi) is 6.01. The van der Waals surface area contributed by atoms with Crippen molar-refractivity contribution in [1.82, 2.24) is 5.32 Å². The highest BCUT2D eigenvalue weighted by molar-refractivity contribution is 9.10. The predicted octanol–water partition coefficient (Wildman–Crippen LogP) is 4.36. The van der Waals surface area contributed by atoms with Crippen molar-refractivity contribution in [1.29, 1.82) is 0 Å². The van der Waals surface area contributed by atoms with E-state index in [0.717, 1.165) is 18.7 Å². The molecule has 0 aliphatic heterocycles. The molecular formula is C15H18BrNOS. The molecule has 0 bridgehead atoms. The molecule has 4 heteroatoms. The van der Waals surface area contributed by atoms with Crippen LogP contribution in [0.2, 0.25) is 0 Å². The Morgan fingerprint density at radius 1 is 1.32 bits per heavy atom. The lowest BCUT2D eigenvalue weighted by molar-refractivity contribution is 0.547. The number of hydrogen-bond donors (Lipinski definition) is 1. The van der Waals surface area contributed by atoms with E-state index >= 15 is 0 Å². The molecule has 0 spiro atoms. The van der Waals surface area contributed by atoms with Crippen LogP contribution in [0.5, 0.6) is 0 Å². The van der Waals surface area contributed by atoms with E-state index < -0.39 is 0 Å². The molecule has 0 saturated carbocycles. The Balaban J connectivity index is 1.91. The highest BCUT2D eigenvalue weighted by atomic mass is 79.9. The zero-order chi connectivity index (χ0) is 13.5. The Morgan fingerprint density at radius 2 is 2.16 bits per heavy atom. The standard InChI is InChI=1S/C15H18BrNOS/c1-2-17-13(9-12-7-8-18-10-12)11-19-15-6-4-3-5-14(15)16/h3-8,10,13,17H,2,9,11H2,1H3. The zero-order valence-electron chi connectivity index (χ0n) is 10.9. The molecule has 1 unspecified atom stereocenters. The maximum atomic E-state index is 5.13. The number of rotatable bonds is 7. The molecule has 0 amide bonds. The first kappa shape index (κ1) is 14.7. The van der Waals surface area contributed by atoms with Crippen LogP contribution in [0.25, 0.3) is 0 Å². The normalized spacial score (nSPS) is 12.5. The van der Waals surface area contributed by atoms with Gasteiger partial charge in [0, 0.05) is 21.2 Å². The van der Waals surface area contributed by atoms with Crippen molar-refractivity contribution in [3.05, 3.63) is 52.9 Å². The molecule has 0 aliphatic carbocycles. The third kappa shape index (κ3) is 4.71. The van der Waals surface area contributed by atoms with E-state index in [1.807, 2.05) is 30.2 Å². The van der Waals surface area contributed by atoms with Gasteiger partial charge in [0.25, 0.3) is 0 Å². The van der Waals surface area contributed by atoms with Gasteiger partial charge in [-0.25, -0.2) is 0 Å². The van der Waals surface area contributed by atoms with Crippen molar-refractivity contribution >= 4 is 27.7 Å². The molecule has 1 aromatic carbocycles. The van der Waals surface area contributed by atoms with Crippen molar-refractivity contribution in [2.24, 2.45) is 0 Å². The summed E-state index contributed by atoms with van der Waals surface area (Å²) in [6.45, 7) is 3.13. The average Bonchev–Trinajstić information content (AvgIpc) is 2.91. The molecule has 1 N–H and O–H groups in total. The number of likely N-dealkylation sites (N-methyl/N-ethyl adjacent to an activating group) is 1. The number of furan rings is 1. The molecule has 0 radical (unpaired) electrons. The topological polar surface area (TPSA) is 25.2 Å². The Bertz CT molecular complexity index is 487. The zero-order valence-corrected chi connectivity index (χ0v) is 13.3. The van der Waals surface area contributed by atoms with E-state index in [9.17, 15) is 0 Å². The smallest absolute Gasteiger partial charge is 0.0935 e. The van der Waals surface area contributed by atoms with Crippen LogP contribution >= 0.6 is 27.7 Å². The number of hydrogen-bond acceptors (Lipinski definition) is 3. The van der Waals surface area contributed by atoms with Crippen molar-refractivity contribution in [3.63, 3.8) is 0 Å². The lowest BCUT2D eigenvalue weighted by Crippen LogP contribution is -2.33. The lowest BCUT2D eigenvalue weighted by Gasteiger charge is -2.17. The minimum atomic E-state index is 0.458. The van der Waals surface area contributed by atoms with E-state index in [1.54, 1.807) is 6.26 Å². The predicted molar refractivity (Wildman–Crippen MR) is 84.7 cm³/mol. The fourth-order valence-electron chi connectivity index (χ4n) is 1.92. The van der Waals surface area contributed by atoms with E-state index in [4.69, 9.17) is 4.42 Å². The second kappa shape index (κ2) is 7.78. The Labute approximate surface area is 127 Å². The fourth-order valence-corrected chi connectivity index (χ4v) is 3.55. The molecule has 2 aromatic rings. The first-order valence-electron chi connectivity index (χ1n) is 6.41. The molecule has 1 atom stereocenters. The number of thioether (sulfide) groups is 1. The van der Waals surface area contributed by atoms with E-state index in [-0.39, 0.29) is 0 Å². The summed E-state index contributed by atoms with van der Waals surface area (Å²) in [5.74, 6) is 1.04. The van der Waals surface area contributed by atoms with Crippen LogP contribution in [-0.2, 0) is 6.42 Å². The van der Waals surface area contributed by atoms with Crippen LogP contribution < -0.4 is 5.32 Å². The largest absolute Gasteiger partial charge is 0.472 e. The Morgan fingerprint density at radius 3 is 2.84 bits per heavy atom. The van der Waals surface area contributed by atoms with Gasteiger partial charge in [-0.05, 0) is 52.7 Å². The summed E-state index contributed by atoms with van der Waals surface area (Å²) in [6.07, 6.45) is 4.56. The van der Waals surface area contributed by atoms with E-state index in [0.29, 0.717) is 6.04 Å².